The van der Waals surface area contributed by atoms with Crippen LogP contribution in [0.1, 0.15) is 24.2 Å². The molecule has 9 heteroatoms. The highest BCUT2D eigenvalue weighted by Crippen LogP contribution is 2.35. The Labute approximate surface area is 120 Å². The van der Waals surface area contributed by atoms with Gasteiger partial charge in [0.2, 0.25) is 0 Å². The average molecular weight is 317 g/mol. The fraction of sp³-hybridized carbons (Fsp3) is 0.154. The Hall–Kier alpha value is -2.71. The molecule has 0 spiro atoms. The third kappa shape index (κ3) is 1.89. The first kappa shape index (κ1) is 15.7. The fourth-order valence-corrected chi connectivity index (χ4v) is 1.96. The smallest absolute Gasteiger partial charge is 0.341 e. The summed E-state index contributed by atoms with van der Waals surface area (Å²) < 4.78 is 55.1. The van der Waals surface area contributed by atoms with E-state index in [0.717, 1.165) is 0 Å². The van der Waals surface area contributed by atoms with Crippen molar-refractivity contribution in [1.29, 1.82) is 0 Å². The quantitative estimate of drug-likeness (QED) is 0.515. The summed E-state index contributed by atoms with van der Waals surface area (Å²) in [5, 5.41) is 8.57. The molecule has 1 heterocycles. The maximum Gasteiger partial charge on any atom is 0.341 e. The third-order valence-electron chi connectivity index (χ3n) is 3.29. The van der Waals surface area contributed by atoms with Crippen molar-refractivity contribution in [3.05, 3.63) is 40.0 Å². The van der Waals surface area contributed by atoms with Crippen LogP contribution in [0.15, 0.2) is 11.1 Å². The van der Waals surface area contributed by atoms with Gasteiger partial charge in [-0.15, -0.1) is 0 Å². The third-order valence-corrected chi connectivity index (χ3v) is 3.29. The summed E-state index contributed by atoms with van der Waals surface area (Å²) in [5.41, 5.74) is -3.72. The highest BCUT2D eigenvalue weighted by molar-refractivity contribution is 6.32. The summed E-state index contributed by atoms with van der Waals surface area (Å²) in [4.78, 5) is 34.2. The van der Waals surface area contributed by atoms with Crippen molar-refractivity contribution in [3.8, 4) is 0 Å². The molecule has 0 unspecified atom stereocenters. The van der Waals surface area contributed by atoms with E-state index in [-0.39, 0.29) is 16.0 Å². The number of carbonyl (C=O) groups is 3. The van der Waals surface area contributed by atoms with Gasteiger partial charge in [0, 0.05) is 11.1 Å². The lowest BCUT2D eigenvalue weighted by Gasteiger charge is -2.18. The molecule has 0 atom stereocenters. The zero-order valence-corrected chi connectivity index (χ0v) is 11.1. The molecule has 0 bridgehead atoms. The van der Waals surface area contributed by atoms with Gasteiger partial charge in [0.05, 0.1) is 0 Å². The van der Waals surface area contributed by atoms with Crippen molar-refractivity contribution >= 4 is 23.5 Å². The number of carboxylic acid groups (broad SMARTS) is 1. The molecule has 0 saturated heterocycles. The van der Waals surface area contributed by atoms with Crippen LogP contribution < -0.4 is 4.90 Å². The standard InChI is InChI=1S/C13H7F4NO4/c1-3-4(2)12(20)18(11(3)19)10-8(16)6(14)5(13(21)22)7(15)9(10)17/h1-2H3,(H,21,22). The van der Waals surface area contributed by atoms with E-state index in [9.17, 15) is 31.9 Å². The monoisotopic (exact) mass is 317 g/mol. The molecule has 0 saturated carbocycles. The number of nitrogens with zero attached hydrogens (tertiary/aromatic N) is 1. The van der Waals surface area contributed by atoms with Crippen molar-refractivity contribution in [2.75, 3.05) is 4.90 Å². The summed E-state index contributed by atoms with van der Waals surface area (Å²) in [6.45, 7) is 2.40. The molecule has 0 aromatic heterocycles. The number of amides is 2. The lowest BCUT2D eigenvalue weighted by atomic mass is 10.1. The Kier molecular flexibility index (Phi) is 3.52. The van der Waals surface area contributed by atoms with Gasteiger partial charge in [0.15, 0.2) is 23.3 Å². The van der Waals surface area contributed by atoms with Crippen molar-refractivity contribution in [1.82, 2.24) is 0 Å². The van der Waals surface area contributed by atoms with E-state index in [1.165, 1.54) is 13.8 Å². The summed E-state index contributed by atoms with van der Waals surface area (Å²) >= 11 is 0. The number of hydrogen-bond acceptors (Lipinski definition) is 3. The minimum Gasteiger partial charge on any atom is -0.477 e. The first-order chi connectivity index (χ1) is 10.1. The second-order valence-electron chi connectivity index (χ2n) is 4.48. The topological polar surface area (TPSA) is 74.7 Å². The van der Waals surface area contributed by atoms with Gasteiger partial charge in [0.1, 0.15) is 11.3 Å². The molecular formula is C13H7F4NO4. The maximum atomic E-state index is 13.9. The number of carboxylic acids is 1. The second-order valence-corrected chi connectivity index (χ2v) is 4.48. The van der Waals surface area contributed by atoms with Crippen LogP contribution in [-0.4, -0.2) is 22.9 Å². The highest BCUT2D eigenvalue weighted by Gasteiger charge is 2.41. The number of hydrogen-bond donors (Lipinski definition) is 1. The van der Waals surface area contributed by atoms with E-state index < -0.39 is 52.3 Å². The Bertz CT molecular complexity index is 732. The molecule has 2 rings (SSSR count). The molecule has 0 fully saturated rings. The van der Waals surface area contributed by atoms with E-state index in [1.54, 1.807) is 0 Å². The van der Waals surface area contributed by atoms with E-state index >= 15 is 0 Å². The minimum atomic E-state index is -2.23. The van der Waals surface area contributed by atoms with Crippen LogP contribution >= 0.6 is 0 Å². The number of aromatic carboxylic acids is 1. The highest BCUT2D eigenvalue weighted by atomic mass is 19.2. The zero-order valence-electron chi connectivity index (χ0n) is 11.1. The number of benzene rings is 1. The molecule has 2 amide bonds. The van der Waals surface area contributed by atoms with Crippen LogP contribution in [0.2, 0.25) is 0 Å². The number of imide groups is 1. The van der Waals surface area contributed by atoms with Gasteiger partial charge in [-0.1, -0.05) is 0 Å². The van der Waals surface area contributed by atoms with Crippen molar-refractivity contribution in [2.24, 2.45) is 0 Å². The van der Waals surface area contributed by atoms with E-state index in [0.29, 0.717) is 0 Å². The SMILES string of the molecule is CC1=C(C)C(=O)N(c2c(F)c(F)c(C(=O)O)c(F)c2F)C1=O. The molecule has 1 aliphatic rings. The number of carbonyl (C=O) groups excluding carboxylic acids is 2. The first-order valence-electron chi connectivity index (χ1n) is 5.76. The van der Waals surface area contributed by atoms with Crippen LogP contribution in [-0.2, 0) is 9.59 Å². The van der Waals surface area contributed by atoms with Crippen LogP contribution in [0, 0.1) is 23.3 Å². The molecule has 0 radical (unpaired) electrons. The summed E-state index contributed by atoms with van der Waals surface area (Å²) in [5.74, 6) is -13.2. The van der Waals surface area contributed by atoms with Gasteiger partial charge < -0.3 is 5.11 Å². The number of rotatable bonds is 2. The first-order valence-corrected chi connectivity index (χ1v) is 5.76. The average Bonchev–Trinajstić information content (AvgIpc) is 2.63. The van der Waals surface area contributed by atoms with Crippen LogP contribution in [0.5, 0.6) is 0 Å². The van der Waals surface area contributed by atoms with Crippen LogP contribution in [0.25, 0.3) is 0 Å². The molecular weight excluding hydrogens is 310 g/mol. The summed E-state index contributed by atoms with van der Waals surface area (Å²) in [6.07, 6.45) is 0. The molecule has 116 valence electrons. The molecule has 5 nitrogen and oxygen atoms in total. The lowest BCUT2D eigenvalue weighted by Crippen LogP contribution is -2.34. The van der Waals surface area contributed by atoms with Gasteiger partial charge in [-0.25, -0.2) is 27.3 Å². The molecule has 1 N–H and O–H groups in total. The normalized spacial score (nSPS) is 15.1. The van der Waals surface area contributed by atoms with E-state index in [4.69, 9.17) is 5.11 Å². The molecule has 22 heavy (non-hydrogen) atoms. The molecule has 1 aliphatic heterocycles. The molecule has 1 aromatic rings. The van der Waals surface area contributed by atoms with Crippen LogP contribution in [0.3, 0.4) is 0 Å². The van der Waals surface area contributed by atoms with Gasteiger partial charge >= 0.3 is 5.97 Å². The summed E-state index contributed by atoms with van der Waals surface area (Å²) in [7, 11) is 0. The Balaban J connectivity index is 2.78. The van der Waals surface area contributed by atoms with Crippen molar-refractivity contribution < 1.29 is 37.1 Å². The maximum absolute atomic E-state index is 13.9. The number of anilines is 1. The lowest BCUT2D eigenvalue weighted by molar-refractivity contribution is -0.120. The van der Waals surface area contributed by atoms with Crippen molar-refractivity contribution in [3.63, 3.8) is 0 Å². The van der Waals surface area contributed by atoms with E-state index in [1.807, 2.05) is 0 Å². The largest absolute Gasteiger partial charge is 0.477 e. The Morgan fingerprint density at radius 1 is 0.864 bits per heavy atom. The van der Waals surface area contributed by atoms with Crippen LogP contribution in [0.4, 0.5) is 23.2 Å². The molecule has 1 aromatic carbocycles. The zero-order chi connectivity index (χ0) is 16.9. The van der Waals surface area contributed by atoms with Gasteiger partial charge in [0.25, 0.3) is 11.8 Å². The minimum absolute atomic E-state index is 0.0624. The Morgan fingerprint density at radius 2 is 1.23 bits per heavy atom. The van der Waals surface area contributed by atoms with E-state index in [2.05, 4.69) is 0 Å². The van der Waals surface area contributed by atoms with Gasteiger partial charge in [-0.3, -0.25) is 9.59 Å². The van der Waals surface area contributed by atoms with Gasteiger partial charge in [-0.2, -0.15) is 0 Å². The second kappa shape index (κ2) is 4.93. The predicted molar refractivity (Wildman–Crippen MR) is 64.1 cm³/mol. The summed E-state index contributed by atoms with van der Waals surface area (Å²) in [6, 6.07) is 0. The predicted octanol–water partition coefficient (Wildman–Crippen LogP) is 2.15. The number of halogens is 4. The van der Waals surface area contributed by atoms with Crippen molar-refractivity contribution in [2.45, 2.75) is 13.8 Å². The fourth-order valence-electron chi connectivity index (χ4n) is 1.96. The molecule has 0 aliphatic carbocycles. The van der Waals surface area contributed by atoms with Gasteiger partial charge in [-0.05, 0) is 13.8 Å². The Morgan fingerprint density at radius 3 is 1.55 bits per heavy atom.